The van der Waals surface area contributed by atoms with Crippen LogP contribution in [0.3, 0.4) is 0 Å². The van der Waals surface area contributed by atoms with Gasteiger partial charge < -0.3 is 0 Å². The third kappa shape index (κ3) is 2.84. The number of nitriles is 1. The first-order valence-corrected chi connectivity index (χ1v) is 8.40. The zero-order chi connectivity index (χ0) is 14.2. The average molecular weight is 291 g/mol. The Bertz CT molecular complexity index is 629. The molecule has 0 unspecified atom stereocenters. The van der Waals surface area contributed by atoms with Crippen LogP contribution in [0.25, 0.3) is 0 Å². The quantitative estimate of drug-likeness (QED) is 0.800. The molecule has 0 atom stereocenters. The lowest BCUT2D eigenvalue weighted by Gasteiger charge is -2.22. The Balaban J connectivity index is 1.91. The van der Waals surface area contributed by atoms with Crippen molar-refractivity contribution in [3.63, 3.8) is 0 Å². The smallest absolute Gasteiger partial charge is 0.244 e. The molecule has 6 heteroatoms. The maximum Gasteiger partial charge on any atom is 0.245 e. The highest BCUT2D eigenvalue weighted by Crippen LogP contribution is 2.36. The Kier molecular flexibility index (Phi) is 3.48. The summed E-state index contributed by atoms with van der Waals surface area (Å²) in [6, 6.07) is 4.93. The molecule has 5 nitrogen and oxygen atoms in total. The molecule has 0 aliphatic heterocycles. The minimum Gasteiger partial charge on any atom is -0.244 e. The highest BCUT2D eigenvalue weighted by atomic mass is 32.2. The summed E-state index contributed by atoms with van der Waals surface area (Å²) in [5.41, 5.74) is -0.0101. The standard InChI is InChI=1S/C14H17N3O2S/c15-8-13-14(2-1-7-16-13)20(18,19)17(9-11-3-4-11)10-12-5-6-12/h1-2,7,11-12H,3-6,9-10H2. The van der Waals surface area contributed by atoms with Crippen molar-refractivity contribution in [1.29, 1.82) is 5.26 Å². The molecule has 1 heterocycles. The molecule has 0 spiro atoms. The summed E-state index contributed by atoms with van der Waals surface area (Å²) >= 11 is 0. The number of hydrogen-bond acceptors (Lipinski definition) is 4. The van der Waals surface area contributed by atoms with Gasteiger partial charge in [-0.3, -0.25) is 0 Å². The van der Waals surface area contributed by atoms with Crippen LogP contribution in [-0.2, 0) is 10.0 Å². The lowest BCUT2D eigenvalue weighted by molar-refractivity contribution is 0.382. The number of nitrogens with zero attached hydrogens (tertiary/aromatic N) is 3. The molecule has 2 saturated carbocycles. The van der Waals surface area contributed by atoms with Crippen LogP contribution in [0, 0.1) is 23.2 Å². The van der Waals surface area contributed by atoms with Crippen LogP contribution in [0.4, 0.5) is 0 Å². The van der Waals surface area contributed by atoms with E-state index in [0.29, 0.717) is 24.9 Å². The number of hydrogen-bond donors (Lipinski definition) is 0. The fraction of sp³-hybridized carbons (Fsp3) is 0.571. The van der Waals surface area contributed by atoms with Crippen LogP contribution >= 0.6 is 0 Å². The lowest BCUT2D eigenvalue weighted by Crippen LogP contribution is -2.35. The highest BCUT2D eigenvalue weighted by molar-refractivity contribution is 7.89. The lowest BCUT2D eigenvalue weighted by atomic mass is 10.4. The Labute approximate surface area is 119 Å². The van der Waals surface area contributed by atoms with Crippen LogP contribution < -0.4 is 0 Å². The van der Waals surface area contributed by atoms with E-state index in [9.17, 15) is 8.42 Å². The maximum atomic E-state index is 12.8. The van der Waals surface area contributed by atoms with E-state index in [0.717, 1.165) is 25.7 Å². The Morgan fingerprint density at radius 1 is 1.25 bits per heavy atom. The minimum absolute atomic E-state index is 0.0101. The van der Waals surface area contributed by atoms with Gasteiger partial charge in [0, 0.05) is 19.3 Å². The molecule has 0 amide bonds. The van der Waals surface area contributed by atoms with Gasteiger partial charge in [-0.05, 0) is 49.7 Å². The van der Waals surface area contributed by atoms with Gasteiger partial charge in [0.15, 0.2) is 5.69 Å². The summed E-state index contributed by atoms with van der Waals surface area (Å²) in [4.78, 5) is 3.91. The van der Waals surface area contributed by atoms with Crippen molar-refractivity contribution in [3.05, 3.63) is 24.0 Å². The molecular weight excluding hydrogens is 274 g/mol. The van der Waals surface area contributed by atoms with E-state index < -0.39 is 10.0 Å². The van der Waals surface area contributed by atoms with E-state index in [2.05, 4.69) is 4.98 Å². The van der Waals surface area contributed by atoms with Crippen LogP contribution in [-0.4, -0.2) is 30.8 Å². The molecule has 2 aliphatic rings. The summed E-state index contributed by atoms with van der Waals surface area (Å²) in [6.45, 7) is 1.16. The molecule has 20 heavy (non-hydrogen) atoms. The van der Waals surface area contributed by atoms with Crippen molar-refractivity contribution >= 4 is 10.0 Å². The molecule has 2 aliphatic carbocycles. The van der Waals surface area contributed by atoms with Gasteiger partial charge in [-0.15, -0.1) is 0 Å². The SMILES string of the molecule is N#Cc1ncccc1S(=O)(=O)N(CC1CC1)CC1CC1. The van der Waals surface area contributed by atoms with E-state index >= 15 is 0 Å². The average Bonchev–Trinajstić information content (AvgIpc) is 3.33. The summed E-state index contributed by atoms with van der Waals surface area (Å²) in [5, 5.41) is 9.06. The first-order valence-electron chi connectivity index (χ1n) is 6.96. The Morgan fingerprint density at radius 3 is 2.35 bits per heavy atom. The maximum absolute atomic E-state index is 12.8. The molecule has 0 saturated heterocycles. The molecule has 0 aromatic carbocycles. The van der Waals surface area contributed by atoms with Crippen LogP contribution in [0.1, 0.15) is 31.4 Å². The fourth-order valence-corrected chi connectivity index (χ4v) is 3.95. The largest absolute Gasteiger partial charge is 0.245 e. The normalized spacial score (nSPS) is 19.0. The van der Waals surface area contributed by atoms with Crippen molar-refractivity contribution in [1.82, 2.24) is 9.29 Å². The van der Waals surface area contributed by atoms with E-state index in [4.69, 9.17) is 5.26 Å². The number of pyridine rings is 1. The van der Waals surface area contributed by atoms with Gasteiger partial charge in [0.2, 0.25) is 10.0 Å². The van der Waals surface area contributed by atoms with E-state index in [-0.39, 0.29) is 10.6 Å². The fourth-order valence-electron chi connectivity index (χ4n) is 2.27. The zero-order valence-corrected chi connectivity index (χ0v) is 12.0. The van der Waals surface area contributed by atoms with E-state index in [1.54, 1.807) is 10.4 Å². The summed E-state index contributed by atoms with van der Waals surface area (Å²) in [7, 11) is -3.61. The van der Waals surface area contributed by atoms with Crippen molar-refractivity contribution in [3.8, 4) is 6.07 Å². The van der Waals surface area contributed by atoms with Gasteiger partial charge in [0.05, 0.1) is 0 Å². The monoisotopic (exact) mass is 291 g/mol. The third-order valence-corrected chi connectivity index (χ3v) is 5.68. The summed E-state index contributed by atoms with van der Waals surface area (Å²) in [6.07, 6.45) is 5.87. The topological polar surface area (TPSA) is 74.1 Å². The molecule has 0 N–H and O–H groups in total. The highest BCUT2D eigenvalue weighted by Gasteiger charge is 2.36. The second-order valence-corrected chi connectivity index (χ2v) is 7.58. The van der Waals surface area contributed by atoms with Gasteiger partial charge in [-0.2, -0.15) is 9.57 Å². The van der Waals surface area contributed by atoms with Gasteiger partial charge in [0.25, 0.3) is 0 Å². The van der Waals surface area contributed by atoms with Gasteiger partial charge in [-0.1, -0.05) is 0 Å². The molecule has 2 fully saturated rings. The predicted octanol–water partition coefficient (Wildman–Crippen LogP) is 1.76. The molecular formula is C14H17N3O2S. The molecule has 0 radical (unpaired) electrons. The van der Waals surface area contributed by atoms with Gasteiger partial charge in [-0.25, -0.2) is 13.4 Å². The minimum atomic E-state index is -3.61. The van der Waals surface area contributed by atoms with Crippen LogP contribution in [0.15, 0.2) is 23.2 Å². The second kappa shape index (κ2) is 5.15. The van der Waals surface area contributed by atoms with Crippen LogP contribution in [0.2, 0.25) is 0 Å². The van der Waals surface area contributed by atoms with Crippen molar-refractivity contribution < 1.29 is 8.42 Å². The van der Waals surface area contributed by atoms with E-state index in [1.165, 1.54) is 12.3 Å². The molecule has 3 rings (SSSR count). The second-order valence-electron chi connectivity index (χ2n) is 5.67. The number of sulfonamides is 1. The zero-order valence-electron chi connectivity index (χ0n) is 11.2. The van der Waals surface area contributed by atoms with E-state index in [1.807, 2.05) is 6.07 Å². The predicted molar refractivity (Wildman–Crippen MR) is 73.2 cm³/mol. The summed E-state index contributed by atoms with van der Waals surface area (Å²) < 4.78 is 27.1. The Hall–Kier alpha value is -1.45. The van der Waals surface area contributed by atoms with Crippen molar-refractivity contribution in [2.24, 2.45) is 11.8 Å². The van der Waals surface area contributed by atoms with Crippen molar-refractivity contribution in [2.75, 3.05) is 13.1 Å². The van der Waals surface area contributed by atoms with Crippen molar-refractivity contribution in [2.45, 2.75) is 30.6 Å². The van der Waals surface area contributed by atoms with Gasteiger partial charge >= 0.3 is 0 Å². The molecule has 1 aromatic heterocycles. The molecule has 106 valence electrons. The first-order chi connectivity index (χ1) is 9.61. The third-order valence-electron chi connectivity index (χ3n) is 3.81. The first kappa shape index (κ1) is 13.5. The van der Waals surface area contributed by atoms with Gasteiger partial charge in [0.1, 0.15) is 11.0 Å². The summed E-state index contributed by atoms with van der Waals surface area (Å²) in [5.74, 6) is 0.983. The number of aromatic nitrogens is 1. The Morgan fingerprint density at radius 2 is 1.85 bits per heavy atom. The number of rotatable bonds is 6. The molecule has 1 aromatic rings. The van der Waals surface area contributed by atoms with Crippen LogP contribution in [0.5, 0.6) is 0 Å². The molecule has 0 bridgehead atoms.